The second kappa shape index (κ2) is 8.86. The molecule has 27 heavy (non-hydrogen) atoms. The van der Waals surface area contributed by atoms with E-state index in [1.165, 1.54) is 23.9 Å². The Morgan fingerprint density at radius 1 is 1.19 bits per heavy atom. The van der Waals surface area contributed by atoms with Gasteiger partial charge < -0.3 is 10.1 Å². The highest BCUT2D eigenvalue weighted by atomic mass is 32.2. The maximum absolute atomic E-state index is 12.9. The molecule has 3 rings (SSSR count). The standard InChI is InChI=1S/C21H21FN2O2S/c1-14-11-21(24-19-12-17(26-2)7-8-18(14)19)27-13-20(25)23-10-9-15-3-5-16(22)6-4-15/h3-8,11-12H,9-10,13H2,1-2H3,(H,23,25). The first-order valence-electron chi connectivity index (χ1n) is 8.64. The molecule has 1 amide bonds. The summed E-state index contributed by atoms with van der Waals surface area (Å²) in [5, 5.41) is 4.77. The first-order chi connectivity index (χ1) is 13.0. The third-order valence-electron chi connectivity index (χ3n) is 4.20. The Morgan fingerprint density at radius 3 is 2.70 bits per heavy atom. The van der Waals surface area contributed by atoms with Gasteiger partial charge in [-0.25, -0.2) is 9.37 Å². The summed E-state index contributed by atoms with van der Waals surface area (Å²) in [6.45, 7) is 2.55. The number of fused-ring (bicyclic) bond motifs is 1. The normalized spacial score (nSPS) is 10.8. The summed E-state index contributed by atoms with van der Waals surface area (Å²) in [6, 6.07) is 14.1. The molecule has 0 spiro atoms. The highest BCUT2D eigenvalue weighted by molar-refractivity contribution is 7.99. The molecule has 4 nitrogen and oxygen atoms in total. The largest absolute Gasteiger partial charge is 0.497 e. The summed E-state index contributed by atoms with van der Waals surface area (Å²) in [5.74, 6) is 0.753. The minimum absolute atomic E-state index is 0.0488. The Labute approximate surface area is 162 Å². The molecule has 6 heteroatoms. The highest BCUT2D eigenvalue weighted by Gasteiger charge is 2.08. The molecule has 1 aromatic heterocycles. The van der Waals surface area contributed by atoms with Crippen LogP contribution in [-0.2, 0) is 11.2 Å². The van der Waals surface area contributed by atoms with E-state index in [-0.39, 0.29) is 11.7 Å². The molecule has 3 aromatic rings. The molecular weight excluding hydrogens is 363 g/mol. The second-order valence-corrected chi connectivity index (χ2v) is 7.17. The molecule has 0 aliphatic carbocycles. The van der Waals surface area contributed by atoms with Crippen molar-refractivity contribution >= 4 is 28.6 Å². The van der Waals surface area contributed by atoms with E-state index in [0.717, 1.165) is 32.8 Å². The van der Waals surface area contributed by atoms with Gasteiger partial charge in [-0.3, -0.25) is 4.79 Å². The number of hydrogen-bond acceptors (Lipinski definition) is 4. The lowest BCUT2D eigenvalue weighted by Gasteiger charge is -2.08. The van der Waals surface area contributed by atoms with Gasteiger partial charge in [-0.15, -0.1) is 0 Å². The van der Waals surface area contributed by atoms with Crippen LogP contribution >= 0.6 is 11.8 Å². The number of thioether (sulfide) groups is 1. The Hall–Kier alpha value is -2.60. The Balaban J connectivity index is 1.54. The van der Waals surface area contributed by atoms with E-state index in [2.05, 4.69) is 10.3 Å². The van der Waals surface area contributed by atoms with Crippen LogP contribution < -0.4 is 10.1 Å². The van der Waals surface area contributed by atoms with Crippen LogP contribution in [0, 0.1) is 12.7 Å². The summed E-state index contributed by atoms with van der Waals surface area (Å²) in [7, 11) is 1.63. The number of hydrogen-bond donors (Lipinski definition) is 1. The number of amides is 1. The van der Waals surface area contributed by atoms with E-state index in [0.29, 0.717) is 18.7 Å². The van der Waals surface area contributed by atoms with E-state index < -0.39 is 0 Å². The number of carbonyl (C=O) groups excluding carboxylic acids is 1. The van der Waals surface area contributed by atoms with Crippen molar-refractivity contribution in [2.45, 2.75) is 18.4 Å². The molecule has 0 fully saturated rings. The number of ether oxygens (including phenoxy) is 1. The number of pyridine rings is 1. The van der Waals surface area contributed by atoms with Crippen molar-refractivity contribution in [3.63, 3.8) is 0 Å². The summed E-state index contributed by atoms with van der Waals surface area (Å²) >= 11 is 1.41. The molecule has 0 aliphatic heterocycles. The van der Waals surface area contributed by atoms with Crippen molar-refractivity contribution in [1.82, 2.24) is 10.3 Å². The molecule has 0 atom stereocenters. The van der Waals surface area contributed by atoms with Gasteiger partial charge >= 0.3 is 0 Å². The van der Waals surface area contributed by atoms with Crippen LogP contribution in [0.1, 0.15) is 11.1 Å². The van der Waals surface area contributed by atoms with Crippen molar-refractivity contribution in [3.05, 3.63) is 65.5 Å². The minimum atomic E-state index is -0.255. The average molecular weight is 384 g/mol. The maximum Gasteiger partial charge on any atom is 0.230 e. The zero-order valence-electron chi connectivity index (χ0n) is 15.3. The average Bonchev–Trinajstić information content (AvgIpc) is 2.67. The van der Waals surface area contributed by atoms with Gasteiger partial charge in [0.05, 0.1) is 23.4 Å². The van der Waals surface area contributed by atoms with Gasteiger partial charge in [0.1, 0.15) is 11.6 Å². The number of carbonyl (C=O) groups is 1. The number of nitrogens with one attached hydrogen (secondary N) is 1. The van der Waals surface area contributed by atoms with E-state index in [1.807, 2.05) is 31.2 Å². The Kier molecular flexibility index (Phi) is 6.29. The SMILES string of the molecule is COc1ccc2c(C)cc(SCC(=O)NCCc3ccc(F)cc3)nc2c1. The fourth-order valence-corrected chi connectivity index (χ4v) is 3.54. The van der Waals surface area contributed by atoms with Gasteiger partial charge in [0.15, 0.2) is 0 Å². The third-order valence-corrected chi connectivity index (χ3v) is 5.11. The molecule has 140 valence electrons. The number of aryl methyl sites for hydroxylation is 1. The van der Waals surface area contributed by atoms with Gasteiger partial charge in [-0.05, 0) is 54.8 Å². The Morgan fingerprint density at radius 2 is 1.96 bits per heavy atom. The number of rotatable bonds is 7. The first-order valence-corrected chi connectivity index (χ1v) is 9.63. The molecular formula is C21H21FN2O2S. The predicted molar refractivity (Wildman–Crippen MR) is 107 cm³/mol. The lowest BCUT2D eigenvalue weighted by molar-refractivity contribution is -0.118. The van der Waals surface area contributed by atoms with Crippen molar-refractivity contribution < 1.29 is 13.9 Å². The molecule has 0 aliphatic rings. The first kappa shape index (κ1) is 19.2. The van der Waals surface area contributed by atoms with Crippen molar-refractivity contribution in [1.29, 1.82) is 0 Å². The smallest absolute Gasteiger partial charge is 0.230 e. The molecule has 0 saturated carbocycles. The van der Waals surface area contributed by atoms with E-state index >= 15 is 0 Å². The molecule has 1 N–H and O–H groups in total. The van der Waals surface area contributed by atoms with E-state index in [1.54, 1.807) is 19.2 Å². The van der Waals surface area contributed by atoms with Gasteiger partial charge in [-0.1, -0.05) is 23.9 Å². The number of nitrogens with zero attached hydrogens (tertiary/aromatic N) is 1. The summed E-state index contributed by atoms with van der Waals surface area (Å²) in [5.41, 5.74) is 2.96. The van der Waals surface area contributed by atoms with E-state index in [9.17, 15) is 9.18 Å². The molecule has 0 radical (unpaired) electrons. The van der Waals surface area contributed by atoms with E-state index in [4.69, 9.17) is 4.74 Å². The maximum atomic E-state index is 12.9. The van der Waals surface area contributed by atoms with Gasteiger partial charge in [0.25, 0.3) is 0 Å². The quantitative estimate of drug-likeness (QED) is 0.622. The van der Waals surface area contributed by atoms with Gasteiger partial charge in [0, 0.05) is 18.0 Å². The van der Waals surface area contributed by atoms with Crippen LogP contribution in [-0.4, -0.2) is 30.3 Å². The van der Waals surface area contributed by atoms with Crippen LogP contribution in [0.25, 0.3) is 10.9 Å². The monoisotopic (exact) mass is 384 g/mol. The number of aromatic nitrogens is 1. The number of benzene rings is 2. The van der Waals surface area contributed by atoms with Crippen molar-refractivity contribution in [2.24, 2.45) is 0 Å². The van der Waals surface area contributed by atoms with Crippen LogP contribution in [0.5, 0.6) is 5.75 Å². The second-order valence-electron chi connectivity index (χ2n) is 6.18. The molecule has 1 heterocycles. The predicted octanol–water partition coefficient (Wildman–Crippen LogP) is 4.14. The summed E-state index contributed by atoms with van der Waals surface area (Å²) < 4.78 is 18.1. The molecule has 0 saturated heterocycles. The fraction of sp³-hybridized carbons (Fsp3) is 0.238. The van der Waals surface area contributed by atoms with Gasteiger partial charge in [0.2, 0.25) is 5.91 Å². The molecule has 2 aromatic carbocycles. The van der Waals surface area contributed by atoms with Crippen molar-refractivity contribution in [3.8, 4) is 5.75 Å². The van der Waals surface area contributed by atoms with Gasteiger partial charge in [-0.2, -0.15) is 0 Å². The summed E-state index contributed by atoms with van der Waals surface area (Å²) in [4.78, 5) is 16.7. The zero-order valence-corrected chi connectivity index (χ0v) is 16.1. The zero-order chi connectivity index (χ0) is 19.2. The number of methoxy groups -OCH3 is 1. The number of halogens is 1. The lowest BCUT2D eigenvalue weighted by Crippen LogP contribution is -2.27. The summed E-state index contributed by atoms with van der Waals surface area (Å²) in [6.07, 6.45) is 0.670. The van der Waals surface area contributed by atoms with Crippen LogP contribution in [0.2, 0.25) is 0 Å². The minimum Gasteiger partial charge on any atom is -0.497 e. The topological polar surface area (TPSA) is 51.2 Å². The highest BCUT2D eigenvalue weighted by Crippen LogP contribution is 2.26. The van der Waals surface area contributed by atoms with Crippen LogP contribution in [0.4, 0.5) is 4.39 Å². The molecule has 0 unspecified atom stereocenters. The van der Waals surface area contributed by atoms with Crippen LogP contribution in [0.3, 0.4) is 0 Å². The van der Waals surface area contributed by atoms with Crippen LogP contribution in [0.15, 0.2) is 53.6 Å². The van der Waals surface area contributed by atoms with Crippen molar-refractivity contribution in [2.75, 3.05) is 19.4 Å². The third kappa shape index (κ3) is 5.20. The lowest BCUT2D eigenvalue weighted by atomic mass is 10.1. The molecule has 0 bridgehead atoms. The Bertz CT molecular complexity index is 945. The fourth-order valence-electron chi connectivity index (χ4n) is 2.74.